The van der Waals surface area contributed by atoms with Gasteiger partial charge in [-0.05, 0) is 45.6 Å². The summed E-state index contributed by atoms with van der Waals surface area (Å²) in [6.07, 6.45) is 4.36. The molecule has 1 saturated heterocycles. The van der Waals surface area contributed by atoms with E-state index in [4.69, 9.17) is 0 Å². The molecule has 2 rings (SSSR count). The average molecular weight is 226 g/mol. The van der Waals surface area contributed by atoms with Crippen LogP contribution in [0.15, 0.2) is 0 Å². The molecule has 3 nitrogen and oxygen atoms in total. The Morgan fingerprint density at radius 1 is 1.38 bits per heavy atom. The molecule has 16 heavy (non-hydrogen) atoms. The predicted octanol–water partition coefficient (Wildman–Crippen LogP) is 1.22. The van der Waals surface area contributed by atoms with Crippen molar-refractivity contribution in [2.45, 2.75) is 57.2 Å². The summed E-state index contributed by atoms with van der Waals surface area (Å²) in [6, 6.07) is 1.24. The van der Waals surface area contributed by atoms with E-state index in [-0.39, 0.29) is 5.60 Å². The Morgan fingerprint density at radius 2 is 2.06 bits per heavy atom. The lowest BCUT2D eigenvalue weighted by molar-refractivity contribution is -0.0370. The molecule has 0 spiro atoms. The molecule has 3 heteroatoms. The minimum atomic E-state index is -0.383. The maximum Gasteiger partial charge on any atom is 0.0771 e. The molecule has 94 valence electrons. The molecule has 0 aromatic carbocycles. The number of hydrogen-bond donors (Lipinski definition) is 2. The van der Waals surface area contributed by atoms with Crippen LogP contribution in [0.4, 0.5) is 0 Å². The van der Waals surface area contributed by atoms with E-state index in [0.29, 0.717) is 18.0 Å². The van der Waals surface area contributed by atoms with E-state index < -0.39 is 0 Å². The molecule has 0 amide bonds. The van der Waals surface area contributed by atoms with Gasteiger partial charge in [0, 0.05) is 25.2 Å². The van der Waals surface area contributed by atoms with Crippen LogP contribution in [-0.4, -0.2) is 47.8 Å². The summed E-state index contributed by atoms with van der Waals surface area (Å²) in [5, 5.41) is 13.7. The highest BCUT2D eigenvalue weighted by molar-refractivity contribution is 4.93. The molecule has 2 N–H and O–H groups in total. The van der Waals surface area contributed by atoms with E-state index in [1.54, 1.807) is 0 Å². The van der Waals surface area contributed by atoms with E-state index >= 15 is 0 Å². The summed E-state index contributed by atoms with van der Waals surface area (Å²) >= 11 is 0. The van der Waals surface area contributed by atoms with Crippen molar-refractivity contribution in [2.75, 3.05) is 20.1 Å². The summed E-state index contributed by atoms with van der Waals surface area (Å²) in [7, 11) is 2.21. The first-order chi connectivity index (χ1) is 7.50. The van der Waals surface area contributed by atoms with Crippen LogP contribution in [-0.2, 0) is 0 Å². The second-order valence-electron chi connectivity index (χ2n) is 6.07. The Hall–Kier alpha value is -0.120. The second kappa shape index (κ2) is 4.63. The van der Waals surface area contributed by atoms with Crippen molar-refractivity contribution in [2.24, 2.45) is 5.92 Å². The number of nitrogens with zero attached hydrogens (tertiary/aromatic N) is 1. The van der Waals surface area contributed by atoms with Crippen LogP contribution < -0.4 is 5.32 Å². The van der Waals surface area contributed by atoms with Crippen LogP contribution >= 0.6 is 0 Å². The van der Waals surface area contributed by atoms with Gasteiger partial charge in [0.15, 0.2) is 0 Å². The molecule has 0 radical (unpaired) electrons. The monoisotopic (exact) mass is 226 g/mol. The molecule has 3 unspecified atom stereocenters. The van der Waals surface area contributed by atoms with Gasteiger partial charge in [-0.15, -0.1) is 0 Å². The Balaban J connectivity index is 1.80. The summed E-state index contributed by atoms with van der Waals surface area (Å²) in [5.41, 5.74) is -0.383. The van der Waals surface area contributed by atoms with Crippen molar-refractivity contribution in [3.63, 3.8) is 0 Å². The van der Waals surface area contributed by atoms with Gasteiger partial charge in [0.1, 0.15) is 0 Å². The number of piperidine rings is 1. The van der Waals surface area contributed by atoms with Gasteiger partial charge in [0.2, 0.25) is 0 Å². The fraction of sp³-hybridized carbons (Fsp3) is 1.00. The van der Waals surface area contributed by atoms with Gasteiger partial charge < -0.3 is 15.3 Å². The molecule has 0 bridgehead atoms. The van der Waals surface area contributed by atoms with Crippen LogP contribution in [0.25, 0.3) is 0 Å². The molecular weight excluding hydrogens is 200 g/mol. The van der Waals surface area contributed by atoms with Crippen molar-refractivity contribution in [1.82, 2.24) is 10.2 Å². The van der Waals surface area contributed by atoms with E-state index in [2.05, 4.69) is 31.1 Å². The number of hydrogen-bond acceptors (Lipinski definition) is 3. The van der Waals surface area contributed by atoms with Gasteiger partial charge in [0.05, 0.1) is 5.60 Å². The zero-order valence-corrected chi connectivity index (χ0v) is 10.9. The van der Waals surface area contributed by atoms with E-state index in [1.165, 1.54) is 12.8 Å². The summed E-state index contributed by atoms with van der Waals surface area (Å²) in [5.74, 6) is 0.685. The first-order valence-electron chi connectivity index (χ1n) is 6.66. The molecular formula is C13H26N2O. The van der Waals surface area contributed by atoms with Crippen molar-refractivity contribution < 1.29 is 5.11 Å². The lowest BCUT2D eigenvalue weighted by Gasteiger charge is -2.43. The fourth-order valence-electron chi connectivity index (χ4n) is 2.91. The average Bonchev–Trinajstić information content (AvgIpc) is 2.19. The lowest BCUT2D eigenvalue weighted by Crippen LogP contribution is -2.55. The first-order valence-corrected chi connectivity index (χ1v) is 6.66. The summed E-state index contributed by atoms with van der Waals surface area (Å²) in [4.78, 5) is 2.43. The van der Waals surface area contributed by atoms with Gasteiger partial charge in [-0.1, -0.05) is 6.92 Å². The Morgan fingerprint density at radius 3 is 2.62 bits per heavy atom. The van der Waals surface area contributed by atoms with Gasteiger partial charge in [-0.2, -0.15) is 0 Å². The van der Waals surface area contributed by atoms with E-state index in [9.17, 15) is 5.11 Å². The maximum absolute atomic E-state index is 10.1. The zero-order chi connectivity index (χ0) is 11.8. The van der Waals surface area contributed by atoms with Crippen molar-refractivity contribution in [3.8, 4) is 0 Å². The quantitative estimate of drug-likeness (QED) is 0.759. The molecule has 2 fully saturated rings. The van der Waals surface area contributed by atoms with Crippen LogP contribution in [0.1, 0.15) is 39.5 Å². The topological polar surface area (TPSA) is 35.5 Å². The van der Waals surface area contributed by atoms with Crippen molar-refractivity contribution in [1.29, 1.82) is 0 Å². The molecule has 1 aliphatic carbocycles. The molecule has 1 heterocycles. The molecule has 2 aliphatic rings. The molecule has 0 aromatic rings. The van der Waals surface area contributed by atoms with Crippen LogP contribution in [0.2, 0.25) is 0 Å². The lowest BCUT2D eigenvalue weighted by atomic mass is 9.79. The van der Waals surface area contributed by atoms with E-state index in [0.717, 1.165) is 25.9 Å². The maximum atomic E-state index is 10.1. The minimum Gasteiger partial charge on any atom is -0.389 e. The Bertz CT molecular complexity index is 240. The third kappa shape index (κ3) is 2.58. The standard InChI is InChI=1S/C13H26N2O/c1-10-8-15(3)11(2)7-12(10)14-9-13(16)5-4-6-13/h10-12,14,16H,4-9H2,1-3H3. The number of rotatable bonds is 3. The van der Waals surface area contributed by atoms with Crippen LogP contribution in [0.3, 0.4) is 0 Å². The molecule has 1 aliphatic heterocycles. The highest BCUT2D eigenvalue weighted by atomic mass is 16.3. The van der Waals surface area contributed by atoms with Crippen LogP contribution in [0.5, 0.6) is 0 Å². The van der Waals surface area contributed by atoms with Crippen LogP contribution in [0, 0.1) is 5.92 Å². The number of nitrogens with one attached hydrogen (secondary N) is 1. The fourth-order valence-corrected chi connectivity index (χ4v) is 2.91. The van der Waals surface area contributed by atoms with Gasteiger partial charge in [-0.3, -0.25) is 0 Å². The normalized spacial score (nSPS) is 39.4. The van der Waals surface area contributed by atoms with Gasteiger partial charge in [0.25, 0.3) is 0 Å². The molecule has 3 atom stereocenters. The van der Waals surface area contributed by atoms with Crippen molar-refractivity contribution in [3.05, 3.63) is 0 Å². The summed E-state index contributed by atoms with van der Waals surface area (Å²) in [6.45, 7) is 6.55. The number of aliphatic hydroxyl groups is 1. The van der Waals surface area contributed by atoms with Crippen molar-refractivity contribution >= 4 is 0 Å². The second-order valence-corrected chi connectivity index (χ2v) is 6.07. The zero-order valence-electron chi connectivity index (χ0n) is 10.9. The van der Waals surface area contributed by atoms with E-state index in [1.807, 2.05) is 0 Å². The smallest absolute Gasteiger partial charge is 0.0771 e. The Kier molecular flexibility index (Phi) is 3.57. The minimum absolute atomic E-state index is 0.383. The number of likely N-dealkylation sites (tertiary alicyclic amines) is 1. The van der Waals surface area contributed by atoms with Gasteiger partial charge in [-0.25, -0.2) is 0 Å². The third-order valence-corrected chi connectivity index (χ3v) is 4.59. The largest absolute Gasteiger partial charge is 0.389 e. The Labute approximate surface area is 99.2 Å². The third-order valence-electron chi connectivity index (χ3n) is 4.59. The first kappa shape index (κ1) is 12.3. The SMILES string of the molecule is CC1CN(C)C(C)CC1NCC1(O)CCC1. The predicted molar refractivity (Wildman–Crippen MR) is 66.5 cm³/mol. The summed E-state index contributed by atoms with van der Waals surface area (Å²) < 4.78 is 0. The molecule has 0 aromatic heterocycles. The highest BCUT2D eigenvalue weighted by Gasteiger charge is 2.36. The van der Waals surface area contributed by atoms with Gasteiger partial charge >= 0.3 is 0 Å². The highest BCUT2D eigenvalue weighted by Crippen LogP contribution is 2.31. The molecule has 1 saturated carbocycles.